The van der Waals surface area contributed by atoms with Gasteiger partial charge in [-0.2, -0.15) is 13.2 Å². The molecule has 0 spiro atoms. The maximum absolute atomic E-state index is 12.6. The lowest BCUT2D eigenvalue weighted by Gasteiger charge is -2.24. The highest BCUT2D eigenvalue weighted by molar-refractivity contribution is 5.93. The van der Waals surface area contributed by atoms with E-state index in [0.29, 0.717) is 16.7 Å². The Morgan fingerprint density at radius 2 is 1.79 bits per heavy atom. The molecule has 1 unspecified atom stereocenters. The van der Waals surface area contributed by atoms with Gasteiger partial charge in [0.05, 0.1) is 0 Å². The van der Waals surface area contributed by atoms with Gasteiger partial charge in [0.25, 0.3) is 0 Å². The first-order chi connectivity index (χ1) is 11.4. The van der Waals surface area contributed by atoms with Crippen molar-refractivity contribution in [2.24, 2.45) is 0 Å². The predicted molar refractivity (Wildman–Crippen MR) is 80.4 cm³/mol. The number of hydrogen-bond acceptors (Lipinski definition) is 3. The number of alkyl halides is 3. The van der Waals surface area contributed by atoms with Crippen molar-refractivity contribution < 1.29 is 27.5 Å². The molecule has 0 saturated carbocycles. The average molecular weight is 337 g/mol. The number of carbonyl (C=O) groups is 2. The van der Waals surface area contributed by atoms with E-state index in [1.54, 1.807) is 24.3 Å². The monoisotopic (exact) mass is 337 g/mol. The van der Waals surface area contributed by atoms with Crippen LogP contribution in [0.3, 0.4) is 0 Å². The van der Waals surface area contributed by atoms with Crippen LogP contribution in [0.2, 0.25) is 0 Å². The van der Waals surface area contributed by atoms with Gasteiger partial charge >= 0.3 is 18.1 Å². The third-order valence-electron chi connectivity index (χ3n) is 3.99. The van der Waals surface area contributed by atoms with Gasteiger partial charge in [-0.1, -0.05) is 36.4 Å². The van der Waals surface area contributed by atoms with Crippen molar-refractivity contribution in [1.29, 1.82) is 0 Å². The Morgan fingerprint density at radius 3 is 2.54 bits per heavy atom. The van der Waals surface area contributed by atoms with Gasteiger partial charge in [-0.25, -0.2) is 4.79 Å². The highest BCUT2D eigenvalue weighted by atomic mass is 19.4. The Kier molecular flexibility index (Phi) is 4.17. The second-order valence-corrected chi connectivity index (χ2v) is 5.55. The van der Waals surface area contributed by atoms with E-state index >= 15 is 0 Å². The molecule has 1 heterocycles. The molecule has 1 aliphatic heterocycles. The molecular weight excluding hydrogens is 323 g/mol. The van der Waals surface area contributed by atoms with Crippen LogP contribution in [-0.2, 0) is 9.59 Å². The van der Waals surface area contributed by atoms with Gasteiger partial charge in [-0.05, 0) is 24.3 Å². The molecule has 1 saturated heterocycles. The van der Waals surface area contributed by atoms with Crippen LogP contribution in [0.1, 0.15) is 12.8 Å². The minimum absolute atomic E-state index is 0.104. The van der Waals surface area contributed by atoms with E-state index in [9.17, 15) is 22.8 Å². The Balaban J connectivity index is 1.82. The maximum atomic E-state index is 12.6. The molecule has 7 heteroatoms. The quantitative estimate of drug-likeness (QED) is 0.624. The first-order valence-corrected chi connectivity index (χ1v) is 7.45. The van der Waals surface area contributed by atoms with Gasteiger partial charge in [0.2, 0.25) is 0 Å². The van der Waals surface area contributed by atoms with Gasteiger partial charge in [-0.15, -0.1) is 0 Å². The molecule has 0 aliphatic carbocycles. The molecule has 3 rings (SSSR count). The number of benzene rings is 2. The lowest BCUT2D eigenvalue weighted by Crippen LogP contribution is -2.48. The Labute approximate surface area is 135 Å². The highest BCUT2D eigenvalue weighted by Gasteiger charge is 2.48. The number of fused-ring (bicyclic) bond motifs is 1. The number of ether oxygens (including phenoxy) is 1. The Morgan fingerprint density at radius 1 is 1.08 bits per heavy atom. The number of likely N-dealkylation sites (tertiary alicyclic amines) is 1. The second kappa shape index (κ2) is 6.14. The molecule has 0 aromatic heterocycles. The van der Waals surface area contributed by atoms with E-state index in [1.165, 1.54) is 0 Å². The number of esters is 1. The summed E-state index contributed by atoms with van der Waals surface area (Å²) in [6.07, 6.45) is -4.51. The van der Waals surface area contributed by atoms with Crippen LogP contribution in [0.4, 0.5) is 13.2 Å². The summed E-state index contributed by atoms with van der Waals surface area (Å²) >= 11 is 0. The molecule has 2 aromatic rings. The Bertz CT molecular complexity index is 783. The maximum Gasteiger partial charge on any atom is 0.471 e. The summed E-state index contributed by atoms with van der Waals surface area (Å²) in [4.78, 5) is 24.3. The molecule has 126 valence electrons. The van der Waals surface area contributed by atoms with Crippen LogP contribution in [0, 0.1) is 0 Å². The zero-order valence-corrected chi connectivity index (χ0v) is 12.5. The fourth-order valence-corrected chi connectivity index (χ4v) is 2.88. The van der Waals surface area contributed by atoms with Gasteiger partial charge in [0, 0.05) is 11.9 Å². The average Bonchev–Trinajstić information content (AvgIpc) is 3.03. The minimum atomic E-state index is -5.00. The normalized spacial score (nSPS) is 18.0. The van der Waals surface area contributed by atoms with E-state index in [0.717, 1.165) is 5.39 Å². The zero-order chi connectivity index (χ0) is 17.3. The lowest BCUT2D eigenvalue weighted by atomic mass is 10.1. The number of nitrogens with zero attached hydrogens (tertiary/aromatic N) is 1. The summed E-state index contributed by atoms with van der Waals surface area (Å²) in [5.41, 5.74) is 0. The SMILES string of the molecule is O=C(Oc1cccc2ccccc12)C1CCCN1C(=O)C(F)(F)F. The number of rotatable bonds is 2. The second-order valence-electron chi connectivity index (χ2n) is 5.55. The van der Waals surface area contributed by atoms with Crippen LogP contribution in [-0.4, -0.2) is 35.5 Å². The smallest absolute Gasteiger partial charge is 0.424 e. The molecule has 1 atom stereocenters. The predicted octanol–water partition coefficient (Wildman–Crippen LogP) is 3.30. The van der Waals surface area contributed by atoms with E-state index in [-0.39, 0.29) is 18.7 Å². The molecule has 1 amide bonds. The largest absolute Gasteiger partial charge is 0.471 e. The van der Waals surface area contributed by atoms with Crippen molar-refractivity contribution in [3.05, 3.63) is 42.5 Å². The molecule has 24 heavy (non-hydrogen) atoms. The molecule has 2 aromatic carbocycles. The van der Waals surface area contributed by atoms with Crippen molar-refractivity contribution in [2.75, 3.05) is 6.54 Å². The topological polar surface area (TPSA) is 46.6 Å². The molecule has 1 aliphatic rings. The van der Waals surface area contributed by atoms with E-state index in [2.05, 4.69) is 0 Å². The summed E-state index contributed by atoms with van der Waals surface area (Å²) in [6.45, 7) is -0.104. The van der Waals surface area contributed by atoms with E-state index in [4.69, 9.17) is 4.74 Å². The summed E-state index contributed by atoms with van der Waals surface area (Å²) in [5.74, 6) is -2.58. The van der Waals surface area contributed by atoms with Gasteiger partial charge in [0.15, 0.2) is 0 Å². The number of halogens is 3. The fraction of sp³-hybridized carbons (Fsp3) is 0.294. The van der Waals surface area contributed by atoms with Gasteiger partial charge in [-0.3, -0.25) is 4.79 Å². The number of carbonyl (C=O) groups excluding carboxylic acids is 2. The van der Waals surface area contributed by atoms with Crippen LogP contribution in [0.5, 0.6) is 5.75 Å². The summed E-state index contributed by atoms with van der Waals surface area (Å²) in [6, 6.07) is 11.1. The minimum Gasteiger partial charge on any atom is -0.424 e. The first kappa shape index (κ1) is 16.3. The molecule has 0 radical (unpaired) electrons. The van der Waals surface area contributed by atoms with Crippen LogP contribution in [0.15, 0.2) is 42.5 Å². The first-order valence-electron chi connectivity index (χ1n) is 7.45. The molecule has 4 nitrogen and oxygen atoms in total. The molecule has 0 N–H and O–H groups in total. The van der Waals surface area contributed by atoms with Crippen LogP contribution < -0.4 is 4.74 Å². The van der Waals surface area contributed by atoms with Crippen molar-refractivity contribution >= 4 is 22.6 Å². The number of hydrogen-bond donors (Lipinski definition) is 0. The number of amides is 1. The van der Waals surface area contributed by atoms with Gasteiger partial charge in [0.1, 0.15) is 11.8 Å². The van der Waals surface area contributed by atoms with E-state index < -0.39 is 24.1 Å². The van der Waals surface area contributed by atoms with Crippen molar-refractivity contribution in [2.45, 2.75) is 25.1 Å². The standard InChI is InChI=1S/C17H14F3NO3/c18-17(19,20)16(23)21-10-4-8-13(21)15(22)24-14-9-3-6-11-5-1-2-7-12(11)14/h1-3,5-7,9,13H,4,8,10H2. The summed E-state index contributed by atoms with van der Waals surface area (Å²) < 4.78 is 43.2. The Hall–Kier alpha value is -2.57. The fourth-order valence-electron chi connectivity index (χ4n) is 2.88. The summed E-state index contributed by atoms with van der Waals surface area (Å²) in [5, 5.41) is 1.53. The molecule has 0 bridgehead atoms. The third-order valence-corrected chi connectivity index (χ3v) is 3.99. The van der Waals surface area contributed by atoms with Crippen molar-refractivity contribution in [3.8, 4) is 5.75 Å². The van der Waals surface area contributed by atoms with E-state index in [1.807, 2.05) is 18.2 Å². The molecular formula is C17H14F3NO3. The van der Waals surface area contributed by atoms with Gasteiger partial charge < -0.3 is 9.64 Å². The van der Waals surface area contributed by atoms with Crippen molar-refractivity contribution in [3.63, 3.8) is 0 Å². The van der Waals surface area contributed by atoms with Crippen LogP contribution in [0.25, 0.3) is 10.8 Å². The highest BCUT2D eigenvalue weighted by Crippen LogP contribution is 2.29. The molecule has 1 fully saturated rings. The van der Waals surface area contributed by atoms with Crippen molar-refractivity contribution in [1.82, 2.24) is 4.90 Å². The van der Waals surface area contributed by atoms with Crippen LogP contribution >= 0.6 is 0 Å². The summed E-state index contributed by atoms with van der Waals surface area (Å²) in [7, 11) is 0. The third kappa shape index (κ3) is 3.06. The lowest BCUT2D eigenvalue weighted by molar-refractivity contribution is -0.187. The zero-order valence-electron chi connectivity index (χ0n) is 12.5.